The number of aliphatic hydroxyl groups is 1. The van der Waals surface area contributed by atoms with Gasteiger partial charge in [-0.15, -0.1) is 11.3 Å². The largest absolute Gasteiger partial charge is 0.394 e. The third-order valence-corrected chi connectivity index (χ3v) is 2.75. The Morgan fingerprint density at radius 1 is 1.71 bits per heavy atom. The second-order valence-electron chi connectivity index (χ2n) is 3.37. The summed E-state index contributed by atoms with van der Waals surface area (Å²) in [5.74, 6) is 0.0529. The fourth-order valence-corrected chi connectivity index (χ4v) is 1.51. The minimum atomic E-state index is -0.190. The summed E-state index contributed by atoms with van der Waals surface area (Å²) in [5, 5.41) is 11.8. The van der Waals surface area contributed by atoms with E-state index in [1.54, 1.807) is 5.51 Å². The lowest BCUT2D eigenvalue weighted by atomic mass is 10.1. The summed E-state index contributed by atoms with van der Waals surface area (Å²) in [6, 6.07) is -0.190. The number of aromatic nitrogens is 1. The second kappa shape index (κ2) is 5.07. The normalized spacial score (nSPS) is 12.9. The van der Waals surface area contributed by atoms with Gasteiger partial charge in [0.2, 0.25) is 0 Å². The zero-order valence-electron chi connectivity index (χ0n) is 8.23. The Balaban J connectivity index is 2.56. The van der Waals surface area contributed by atoms with Gasteiger partial charge in [0.05, 0.1) is 24.4 Å². The molecule has 0 saturated heterocycles. The van der Waals surface area contributed by atoms with Crippen molar-refractivity contribution in [3.8, 4) is 0 Å². The number of amides is 1. The molecule has 0 spiro atoms. The molecule has 0 unspecified atom stereocenters. The van der Waals surface area contributed by atoms with Crippen molar-refractivity contribution < 1.29 is 9.90 Å². The van der Waals surface area contributed by atoms with Crippen molar-refractivity contribution in [3.63, 3.8) is 0 Å². The standard InChI is InChI=1S/C9H14N2O2S/c1-6(2)7(4-12)11-9(13)8-3-10-5-14-8/h3,5-7,12H,4H2,1-2H3,(H,11,13)/t7-/m1/s1. The van der Waals surface area contributed by atoms with E-state index in [2.05, 4.69) is 10.3 Å². The van der Waals surface area contributed by atoms with E-state index in [-0.39, 0.29) is 24.5 Å². The number of thiazole rings is 1. The molecule has 2 N–H and O–H groups in total. The van der Waals surface area contributed by atoms with Crippen LogP contribution in [0.5, 0.6) is 0 Å². The second-order valence-corrected chi connectivity index (χ2v) is 4.26. The molecule has 0 bridgehead atoms. The van der Waals surface area contributed by atoms with Crippen molar-refractivity contribution >= 4 is 17.2 Å². The van der Waals surface area contributed by atoms with Crippen molar-refractivity contribution in [2.24, 2.45) is 5.92 Å². The lowest BCUT2D eigenvalue weighted by molar-refractivity contribution is 0.0901. The molecule has 1 aromatic rings. The van der Waals surface area contributed by atoms with Crippen LogP contribution in [0.15, 0.2) is 11.7 Å². The van der Waals surface area contributed by atoms with Crippen LogP contribution >= 0.6 is 11.3 Å². The summed E-state index contributed by atoms with van der Waals surface area (Å²) in [4.78, 5) is 15.9. The SMILES string of the molecule is CC(C)[C@@H](CO)NC(=O)c1cncs1. The number of rotatable bonds is 4. The number of hydrogen-bond acceptors (Lipinski definition) is 4. The molecule has 0 radical (unpaired) electrons. The van der Waals surface area contributed by atoms with E-state index in [0.29, 0.717) is 4.88 Å². The van der Waals surface area contributed by atoms with E-state index < -0.39 is 0 Å². The Hall–Kier alpha value is -0.940. The molecule has 0 aliphatic heterocycles. The highest BCUT2D eigenvalue weighted by Gasteiger charge is 2.16. The maximum atomic E-state index is 11.5. The molecule has 78 valence electrons. The van der Waals surface area contributed by atoms with Crippen LogP contribution in [-0.2, 0) is 0 Å². The number of nitrogens with one attached hydrogen (secondary N) is 1. The first-order valence-corrected chi connectivity index (χ1v) is 5.33. The molecule has 1 rings (SSSR count). The lowest BCUT2D eigenvalue weighted by Crippen LogP contribution is -2.40. The lowest BCUT2D eigenvalue weighted by Gasteiger charge is -2.19. The average molecular weight is 214 g/mol. The number of carbonyl (C=O) groups is 1. The maximum Gasteiger partial charge on any atom is 0.263 e. The van der Waals surface area contributed by atoms with Crippen molar-refractivity contribution in [3.05, 3.63) is 16.6 Å². The van der Waals surface area contributed by atoms with E-state index in [9.17, 15) is 4.79 Å². The summed E-state index contributed by atoms with van der Waals surface area (Å²) in [5.41, 5.74) is 1.61. The Morgan fingerprint density at radius 2 is 2.43 bits per heavy atom. The number of hydrogen-bond donors (Lipinski definition) is 2. The highest BCUT2D eigenvalue weighted by atomic mass is 32.1. The van der Waals surface area contributed by atoms with E-state index in [1.807, 2.05) is 13.8 Å². The average Bonchev–Trinajstić information content (AvgIpc) is 2.65. The van der Waals surface area contributed by atoms with Crippen LogP contribution in [-0.4, -0.2) is 28.6 Å². The quantitative estimate of drug-likeness (QED) is 0.782. The summed E-state index contributed by atoms with van der Waals surface area (Å²) in [6.45, 7) is 3.86. The monoisotopic (exact) mass is 214 g/mol. The summed E-state index contributed by atoms with van der Waals surface area (Å²) in [6.07, 6.45) is 1.52. The van der Waals surface area contributed by atoms with Gasteiger partial charge in [-0.1, -0.05) is 13.8 Å². The third kappa shape index (κ3) is 2.78. The highest BCUT2D eigenvalue weighted by molar-refractivity contribution is 7.11. The third-order valence-electron chi connectivity index (χ3n) is 1.97. The van der Waals surface area contributed by atoms with E-state index in [4.69, 9.17) is 5.11 Å². The predicted molar refractivity (Wildman–Crippen MR) is 55.3 cm³/mol. The first-order chi connectivity index (χ1) is 6.65. The van der Waals surface area contributed by atoms with Gasteiger partial charge in [0.25, 0.3) is 5.91 Å². The topological polar surface area (TPSA) is 62.2 Å². The van der Waals surface area contributed by atoms with Gasteiger partial charge in [0.15, 0.2) is 0 Å². The van der Waals surface area contributed by atoms with Gasteiger partial charge in [0.1, 0.15) is 4.88 Å². The fraction of sp³-hybridized carbons (Fsp3) is 0.556. The summed E-state index contributed by atoms with van der Waals surface area (Å²) < 4.78 is 0. The fourth-order valence-electron chi connectivity index (χ4n) is 0.991. The van der Waals surface area contributed by atoms with Crippen LogP contribution in [0, 0.1) is 5.92 Å². The number of carbonyl (C=O) groups excluding carboxylic acids is 1. The molecule has 0 saturated carbocycles. The highest BCUT2D eigenvalue weighted by Crippen LogP contribution is 2.07. The number of nitrogens with zero attached hydrogens (tertiary/aromatic N) is 1. The molecule has 0 aliphatic carbocycles. The molecule has 1 atom stereocenters. The first kappa shape index (κ1) is 11.1. The Morgan fingerprint density at radius 3 is 2.86 bits per heavy atom. The zero-order valence-corrected chi connectivity index (χ0v) is 9.04. The molecular formula is C9H14N2O2S. The molecule has 0 fully saturated rings. The van der Waals surface area contributed by atoms with E-state index in [1.165, 1.54) is 17.5 Å². The van der Waals surface area contributed by atoms with Gasteiger partial charge < -0.3 is 10.4 Å². The smallest absolute Gasteiger partial charge is 0.263 e. The van der Waals surface area contributed by atoms with Crippen LogP contribution in [0.3, 0.4) is 0 Å². The van der Waals surface area contributed by atoms with Gasteiger partial charge >= 0.3 is 0 Å². The Bertz CT molecular complexity index is 285. The molecule has 14 heavy (non-hydrogen) atoms. The van der Waals surface area contributed by atoms with Crippen LogP contribution < -0.4 is 5.32 Å². The summed E-state index contributed by atoms with van der Waals surface area (Å²) in [7, 11) is 0. The van der Waals surface area contributed by atoms with Gasteiger partial charge in [-0.2, -0.15) is 0 Å². The predicted octanol–water partition coefficient (Wildman–Crippen LogP) is 0.890. The van der Waals surface area contributed by atoms with Gasteiger partial charge in [-0.05, 0) is 5.92 Å². The van der Waals surface area contributed by atoms with Crippen LogP contribution in [0.4, 0.5) is 0 Å². The van der Waals surface area contributed by atoms with Crippen molar-refractivity contribution in [1.29, 1.82) is 0 Å². The minimum Gasteiger partial charge on any atom is -0.394 e. The van der Waals surface area contributed by atoms with Crippen molar-refractivity contribution in [2.75, 3.05) is 6.61 Å². The first-order valence-electron chi connectivity index (χ1n) is 4.45. The molecule has 5 heteroatoms. The van der Waals surface area contributed by atoms with E-state index >= 15 is 0 Å². The molecule has 1 amide bonds. The molecule has 1 aromatic heterocycles. The zero-order chi connectivity index (χ0) is 10.6. The Labute approximate surface area is 87.0 Å². The van der Waals surface area contributed by atoms with Crippen molar-refractivity contribution in [2.45, 2.75) is 19.9 Å². The van der Waals surface area contributed by atoms with Crippen LogP contribution in [0.2, 0.25) is 0 Å². The minimum absolute atomic E-state index is 0.0395. The van der Waals surface area contributed by atoms with Gasteiger partial charge in [0, 0.05) is 0 Å². The van der Waals surface area contributed by atoms with Crippen LogP contribution in [0.25, 0.3) is 0 Å². The number of aliphatic hydroxyl groups excluding tert-OH is 1. The maximum absolute atomic E-state index is 11.5. The molecule has 0 aliphatic rings. The van der Waals surface area contributed by atoms with Gasteiger partial charge in [-0.3, -0.25) is 9.78 Å². The summed E-state index contributed by atoms with van der Waals surface area (Å²) >= 11 is 1.29. The molecule has 4 nitrogen and oxygen atoms in total. The van der Waals surface area contributed by atoms with Crippen molar-refractivity contribution in [1.82, 2.24) is 10.3 Å². The van der Waals surface area contributed by atoms with Crippen LogP contribution in [0.1, 0.15) is 23.5 Å². The Kier molecular flexibility index (Phi) is 4.03. The van der Waals surface area contributed by atoms with E-state index in [0.717, 1.165) is 0 Å². The van der Waals surface area contributed by atoms with Gasteiger partial charge in [-0.25, -0.2) is 0 Å². The molecule has 0 aromatic carbocycles. The molecular weight excluding hydrogens is 200 g/mol. The molecule has 1 heterocycles.